The molecule has 0 unspecified atom stereocenters. The Balaban J connectivity index is 1.53. The number of nitrogens with zero attached hydrogens (tertiary/aromatic N) is 2. The molecule has 0 fully saturated rings. The molecule has 0 saturated heterocycles. The molecule has 1 aromatic carbocycles. The normalized spacial score (nSPS) is 10.4. The third-order valence-corrected chi connectivity index (χ3v) is 4.16. The number of halogens is 1. The zero-order valence-electron chi connectivity index (χ0n) is 12.6. The van der Waals surface area contributed by atoms with Crippen LogP contribution in [0.5, 0.6) is 5.75 Å². The summed E-state index contributed by atoms with van der Waals surface area (Å²) in [6.45, 7) is 0.657. The molecule has 1 amide bonds. The lowest BCUT2D eigenvalue weighted by atomic mass is 10.3. The maximum Gasteiger partial charge on any atom is 0.271 e. The van der Waals surface area contributed by atoms with Gasteiger partial charge >= 0.3 is 0 Å². The van der Waals surface area contributed by atoms with E-state index in [1.54, 1.807) is 23.7 Å². The predicted molar refractivity (Wildman–Crippen MR) is 93.3 cm³/mol. The van der Waals surface area contributed by atoms with E-state index in [2.05, 4.69) is 15.3 Å². The minimum absolute atomic E-state index is 0.231. The quantitative estimate of drug-likeness (QED) is 0.728. The van der Waals surface area contributed by atoms with E-state index >= 15 is 0 Å². The van der Waals surface area contributed by atoms with Gasteiger partial charge in [0.25, 0.3) is 5.91 Å². The first kappa shape index (κ1) is 16.4. The number of benzene rings is 1. The van der Waals surface area contributed by atoms with Crippen molar-refractivity contribution in [1.29, 1.82) is 0 Å². The molecule has 3 rings (SSSR count). The van der Waals surface area contributed by atoms with E-state index in [1.807, 2.05) is 30.3 Å². The zero-order valence-corrected chi connectivity index (χ0v) is 14.2. The van der Waals surface area contributed by atoms with E-state index in [1.165, 1.54) is 11.3 Å². The zero-order chi connectivity index (χ0) is 16.8. The van der Waals surface area contributed by atoms with Gasteiger partial charge < -0.3 is 10.1 Å². The monoisotopic (exact) mass is 359 g/mol. The van der Waals surface area contributed by atoms with Crippen LogP contribution in [-0.2, 0) is 13.2 Å². The molecule has 0 atom stereocenters. The van der Waals surface area contributed by atoms with E-state index in [-0.39, 0.29) is 5.91 Å². The minimum Gasteiger partial charge on any atom is -0.486 e. The van der Waals surface area contributed by atoms with Crippen molar-refractivity contribution < 1.29 is 9.53 Å². The Labute approximate surface area is 148 Å². The van der Waals surface area contributed by atoms with Crippen LogP contribution >= 0.6 is 22.9 Å². The van der Waals surface area contributed by atoms with Gasteiger partial charge in [-0.2, -0.15) is 0 Å². The number of hydrogen-bond acceptors (Lipinski definition) is 5. The molecule has 0 radical (unpaired) electrons. The van der Waals surface area contributed by atoms with Crippen LogP contribution in [0.1, 0.15) is 21.2 Å². The molecular weight excluding hydrogens is 346 g/mol. The average Bonchev–Trinajstić information content (AvgIpc) is 3.08. The highest BCUT2D eigenvalue weighted by atomic mass is 35.5. The highest BCUT2D eigenvalue weighted by molar-refractivity contribution is 7.09. The number of aromatic nitrogens is 2. The first-order valence-corrected chi connectivity index (χ1v) is 8.47. The molecule has 3 aromatic rings. The summed E-state index contributed by atoms with van der Waals surface area (Å²) in [7, 11) is 0. The van der Waals surface area contributed by atoms with Crippen LogP contribution in [0.4, 0.5) is 0 Å². The van der Waals surface area contributed by atoms with E-state index < -0.39 is 0 Å². The van der Waals surface area contributed by atoms with Gasteiger partial charge in [-0.25, -0.2) is 4.98 Å². The smallest absolute Gasteiger partial charge is 0.271 e. The van der Waals surface area contributed by atoms with E-state index in [0.29, 0.717) is 29.6 Å². The van der Waals surface area contributed by atoms with Crippen molar-refractivity contribution in [2.24, 2.45) is 0 Å². The van der Waals surface area contributed by atoms with Crippen LogP contribution in [0.25, 0.3) is 0 Å². The predicted octanol–water partition coefficient (Wildman–Crippen LogP) is 3.70. The van der Waals surface area contributed by atoms with Crippen molar-refractivity contribution in [3.63, 3.8) is 0 Å². The van der Waals surface area contributed by atoms with Gasteiger partial charge in [-0.15, -0.1) is 11.3 Å². The highest BCUT2D eigenvalue weighted by Crippen LogP contribution is 2.19. The molecule has 0 spiro atoms. The number of pyridine rings is 1. The second-order valence-electron chi connectivity index (χ2n) is 4.88. The van der Waals surface area contributed by atoms with Gasteiger partial charge in [0, 0.05) is 16.6 Å². The number of nitrogens with one attached hydrogen (secondary N) is 1. The van der Waals surface area contributed by atoms with E-state index in [9.17, 15) is 4.79 Å². The Bertz CT molecular complexity index is 823. The minimum atomic E-state index is -0.231. The Hall–Kier alpha value is -2.44. The molecule has 1 N–H and O–H groups in total. The SMILES string of the molecule is O=C(NCc1ccccn1)c1csc(COc2cccc(Cl)c2)n1. The summed E-state index contributed by atoms with van der Waals surface area (Å²) in [6.07, 6.45) is 1.69. The fraction of sp³-hybridized carbons (Fsp3) is 0.118. The molecule has 0 aliphatic heterocycles. The van der Waals surface area contributed by atoms with Gasteiger partial charge in [0.15, 0.2) is 0 Å². The van der Waals surface area contributed by atoms with E-state index in [0.717, 1.165) is 10.7 Å². The third kappa shape index (κ3) is 4.53. The maximum absolute atomic E-state index is 12.1. The van der Waals surface area contributed by atoms with Crippen molar-refractivity contribution in [2.45, 2.75) is 13.2 Å². The maximum atomic E-state index is 12.1. The average molecular weight is 360 g/mol. The van der Waals surface area contributed by atoms with Crippen molar-refractivity contribution >= 4 is 28.8 Å². The summed E-state index contributed by atoms with van der Waals surface area (Å²) in [4.78, 5) is 20.5. The molecule has 7 heteroatoms. The van der Waals surface area contributed by atoms with Crippen LogP contribution in [0.15, 0.2) is 54.0 Å². The Morgan fingerprint density at radius 3 is 2.96 bits per heavy atom. The van der Waals surface area contributed by atoms with Gasteiger partial charge in [-0.1, -0.05) is 23.7 Å². The Morgan fingerprint density at radius 1 is 1.25 bits per heavy atom. The molecule has 2 aromatic heterocycles. The second kappa shape index (κ2) is 7.90. The lowest BCUT2D eigenvalue weighted by molar-refractivity contribution is 0.0946. The summed E-state index contributed by atoms with van der Waals surface area (Å²) in [6, 6.07) is 12.7. The molecule has 24 heavy (non-hydrogen) atoms. The van der Waals surface area contributed by atoms with Crippen LogP contribution in [0.3, 0.4) is 0 Å². The first-order chi connectivity index (χ1) is 11.7. The molecular formula is C17H14ClN3O2S. The number of amides is 1. The highest BCUT2D eigenvalue weighted by Gasteiger charge is 2.11. The van der Waals surface area contributed by atoms with Crippen LogP contribution in [0.2, 0.25) is 5.02 Å². The van der Waals surface area contributed by atoms with Gasteiger partial charge in [-0.3, -0.25) is 9.78 Å². The van der Waals surface area contributed by atoms with Gasteiger partial charge in [0.1, 0.15) is 23.1 Å². The van der Waals surface area contributed by atoms with Crippen molar-refractivity contribution in [1.82, 2.24) is 15.3 Å². The first-order valence-electron chi connectivity index (χ1n) is 7.21. The number of carbonyl (C=O) groups is 1. The van der Waals surface area contributed by atoms with Crippen LogP contribution < -0.4 is 10.1 Å². The Kier molecular flexibility index (Phi) is 5.40. The van der Waals surface area contributed by atoms with Crippen molar-refractivity contribution in [3.8, 4) is 5.75 Å². The number of hydrogen-bond donors (Lipinski definition) is 1. The summed E-state index contributed by atoms with van der Waals surface area (Å²) in [5.41, 5.74) is 1.17. The number of thiazole rings is 1. The fourth-order valence-corrected chi connectivity index (χ4v) is 2.81. The molecule has 2 heterocycles. The lowest BCUT2D eigenvalue weighted by Crippen LogP contribution is -2.23. The van der Waals surface area contributed by atoms with Gasteiger partial charge in [0.05, 0.1) is 12.2 Å². The largest absolute Gasteiger partial charge is 0.486 e. The van der Waals surface area contributed by atoms with E-state index in [4.69, 9.17) is 16.3 Å². The fourth-order valence-electron chi connectivity index (χ4n) is 1.95. The summed E-state index contributed by atoms with van der Waals surface area (Å²) in [5, 5.41) is 5.84. The number of ether oxygens (including phenoxy) is 1. The van der Waals surface area contributed by atoms with Crippen molar-refractivity contribution in [2.75, 3.05) is 0 Å². The van der Waals surface area contributed by atoms with Crippen LogP contribution in [0, 0.1) is 0 Å². The standard InChI is InChI=1S/C17H14ClN3O2S/c18-12-4-3-6-14(8-12)23-10-16-21-15(11-24-16)17(22)20-9-13-5-1-2-7-19-13/h1-8,11H,9-10H2,(H,20,22). The topological polar surface area (TPSA) is 64.1 Å². The lowest BCUT2D eigenvalue weighted by Gasteiger charge is -2.04. The molecule has 0 aliphatic rings. The van der Waals surface area contributed by atoms with Crippen LogP contribution in [-0.4, -0.2) is 15.9 Å². The van der Waals surface area contributed by atoms with Gasteiger partial charge in [0.2, 0.25) is 0 Å². The molecule has 122 valence electrons. The number of rotatable bonds is 6. The summed E-state index contributed by atoms with van der Waals surface area (Å²) in [5.74, 6) is 0.435. The summed E-state index contributed by atoms with van der Waals surface area (Å²) < 4.78 is 5.62. The summed E-state index contributed by atoms with van der Waals surface area (Å²) >= 11 is 7.28. The number of carbonyl (C=O) groups excluding carboxylic acids is 1. The molecule has 0 saturated carbocycles. The van der Waals surface area contributed by atoms with Gasteiger partial charge in [-0.05, 0) is 30.3 Å². The third-order valence-electron chi connectivity index (χ3n) is 3.10. The molecule has 0 aliphatic carbocycles. The Morgan fingerprint density at radius 2 is 2.17 bits per heavy atom. The van der Waals surface area contributed by atoms with Crippen molar-refractivity contribution in [3.05, 3.63) is 75.5 Å². The molecule has 5 nitrogen and oxygen atoms in total. The molecule has 0 bridgehead atoms. The second-order valence-corrected chi connectivity index (χ2v) is 6.26.